The molecule has 1 aromatic heterocycles. The summed E-state index contributed by atoms with van der Waals surface area (Å²) in [5, 5.41) is 22.7. The van der Waals surface area contributed by atoms with E-state index in [2.05, 4.69) is 20.8 Å². The fourth-order valence-corrected chi connectivity index (χ4v) is 3.33. The van der Waals surface area contributed by atoms with Crippen LogP contribution >= 0.6 is 23.1 Å². The Morgan fingerprint density at radius 1 is 1.19 bits per heavy atom. The van der Waals surface area contributed by atoms with Crippen molar-refractivity contribution >= 4 is 51.7 Å². The van der Waals surface area contributed by atoms with Gasteiger partial charge in [0.05, 0.1) is 5.25 Å². The topological polar surface area (TPSA) is 121 Å². The summed E-state index contributed by atoms with van der Waals surface area (Å²) in [5.41, 5.74) is 0.477. The van der Waals surface area contributed by atoms with Crippen molar-refractivity contribution in [3.05, 3.63) is 40.9 Å². The standard InChI is InChI=1S/C17H18N4O4S2/c1-9(16(24)25)8-14(22)18-12-4-6-13(7-5-12)26-10(2)15(23)19-17-21-20-11(3)27-17/h4-8,10H,1-3H3,(H,18,22)(H,24,25)(H,19,21,23)/b9-8-. The minimum Gasteiger partial charge on any atom is -0.478 e. The summed E-state index contributed by atoms with van der Waals surface area (Å²) in [6.07, 6.45) is 1.02. The van der Waals surface area contributed by atoms with Gasteiger partial charge in [-0.25, -0.2) is 4.79 Å². The van der Waals surface area contributed by atoms with Gasteiger partial charge in [-0.2, -0.15) is 0 Å². The van der Waals surface area contributed by atoms with Gasteiger partial charge in [0.15, 0.2) is 0 Å². The van der Waals surface area contributed by atoms with Crippen molar-refractivity contribution in [3.63, 3.8) is 0 Å². The summed E-state index contributed by atoms with van der Waals surface area (Å²) in [4.78, 5) is 35.5. The monoisotopic (exact) mass is 406 g/mol. The minimum absolute atomic E-state index is 0.0508. The van der Waals surface area contributed by atoms with Gasteiger partial charge in [0.25, 0.3) is 0 Å². The number of nitrogens with one attached hydrogen (secondary N) is 2. The first kappa shape index (κ1) is 20.6. The molecule has 2 rings (SSSR count). The number of aromatic nitrogens is 2. The number of aryl methyl sites for hydroxylation is 1. The molecule has 1 heterocycles. The van der Waals surface area contributed by atoms with E-state index in [0.29, 0.717) is 10.8 Å². The van der Waals surface area contributed by atoms with E-state index < -0.39 is 11.9 Å². The van der Waals surface area contributed by atoms with Crippen LogP contribution in [0.2, 0.25) is 0 Å². The number of benzene rings is 1. The average Bonchev–Trinajstić information content (AvgIpc) is 3.01. The lowest BCUT2D eigenvalue weighted by atomic mass is 10.2. The van der Waals surface area contributed by atoms with Crippen LogP contribution < -0.4 is 10.6 Å². The van der Waals surface area contributed by atoms with Gasteiger partial charge in [0.1, 0.15) is 5.01 Å². The molecule has 0 fully saturated rings. The van der Waals surface area contributed by atoms with Crippen LogP contribution in [-0.2, 0) is 14.4 Å². The average molecular weight is 406 g/mol. The number of amides is 2. The summed E-state index contributed by atoms with van der Waals surface area (Å²) in [6.45, 7) is 4.94. The fourth-order valence-electron chi connectivity index (χ4n) is 1.87. The third-order valence-corrected chi connectivity index (χ3v) is 5.11. The lowest BCUT2D eigenvalue weighted by molar-refractivity contribution is -0.132. The predicted molar refractivity (Wildman–Crippen MR) is 105 cm³/mol. The zero-order valence-electron chi connectivity index (χ0n) is 14.8. The first-order chi connectivity index (χ1) is 12.7. The van der Waals surface area contributed by atoms with Gasteiger partial charge in [-0.1, -0.05) is 11.3 Å². The van der Waals surface area contributed by atoms with E-state index in [4.69, 9.17) is 5.11 Å². The van der Waals surface area contributed by atoms with E-state index in [-0.39, 0.29) is 16.7 Å². The Morgan fingerprint density at radius 2 is 1.85 bits per heavy atom. The van der Waals surface area contributed by atoms with E-state index >= 15 is 0 Å². The van der Waals surface area contributed by atoms with Crippen LogP contribution in [0.25, 0.3) is 0 Å². The molecule has 0 saturated carbocycles. The summed E-state index contributed by atoms with van der Waals surface area (Å²) in [5.74, 6) is -1.84. The number of carboxylic acid groups (broad SMARTS) is 1. The van der Waals surface area contributed by atoms with Gasteiger partial charge in [0.2, 0.25) is 16.9 Å². The van der Waals surface area contributed by atoms with Crippen LogP contribution in [0, 0.1) is 6.92 Å². The van der Waals surface area contributed by atoms with Crippen molar-refractivity contribution in [2.45, 2.75) is 30.9 Å². The molecule has 0 saturated heterocycles. The number of anilines is 2. The SMILES string of the molecule is C/C(=C/C(=O)Nc1ccc(SC(C)C(=O)Nc2nnc(C)s2)cc1)C(=O)O. The van der Waals surface area contributed by atoms with Crippen molar-refractivity contribution in [1.82, 2.24) is 10.2 Å². The Hall–Kier alpha value is -2.72. The number of rotatable bonds is 7. The van der Waals surface area contributed by atoms with Crippen molar-refractivity contribution in [3.8, 4) is 0 Å². The summed E-state index contributed by atoms with van der Waals surface area (Å²) < 4.78 is 0. The molecule has 27 heavy (non-hydrogen) atoms. The van der Waals surface area contributed by atoms with Crippen molar-refractivity contribution in [1.29, 1.82) is 0 Å². The maximum absolute atomic E-state index is 12.2. The molecule has 2 amide bonds. The second-order valence-electron chi connectivity index (χ2n) is 5.52. The predicted octanol–water partition coefficient (Wildman–Crippen LogP) is 2.94. The van der Waals surface area contributed by atoms with Crippen molar-refractivity contribution in [2.24, 2.45) is 0 Å². The summed E-state index contributed by atoms with van der Waals surface area (Å²) >= 11 is 2.67. The molecule has 1 aromatic carbocycles. The van der Waals surface area contributed by atoms with Crippen molar-refractivity contribution in [2.75, 3.05) is 10.6 Å². The van der Waals surface area contributed by atoms with Gasteiger partial charge in [0, 0.05) is 22.2 Å². The zero-order valence-corrected chi connectivity index (χ0v) is 16.5. The van der Waals surface area contributed by atoms with Crippen LogP contribution in [0.3, 0.4) is 0 Å². The number of thioether (sulfide) groups is 1. The van der Waals surface area contributed by atoms with E-state index in [9.17, 15) is 14.4 Å². The lowest BCUT2D eigenvalue weighted by Crippen LogP contribution is -2.22. The Morgan fingerprint density at radius 3 is 2.41 bits per heavy atom. The molecule has 0 spiro atoms. The van der Waals surface area contributed by atoms with E-state index in [1.54, 1.807) is 31.2 Å². The number of carboxylic acids is 1. The Bertz CT molecular complexity index is 877. The summed E-state index contributed by atoms with van der Waals surface area (Å²) in [6, 6.07) is 6.91. The van der Waals surface area contributed by atoms with Crippen LogP contribution in [0.1, 0.15) is 18.9 Å². The highest BCUT2D eigenvalue weighted by Crippen LogP contribution is 2.26. The van der Waals surface area contributed by atoms with Gasteiger partial charge in [-0.05, 0) is 45.0 Å². The van der Waals surface area contributed by atoms with Gasteiger partial charge < -0.3 is 10.4 Å². The van der Waals surface area contributed by atoms with E-state index in [0.717, 1.165) is 16.0 Å². The quantitative estimate of drug-likeness (QED) is 0.477. The fraction of sp³-hybridized carbons (Fsp3) is 0.235. The van der Waals surface area contributed by atoms with E-state index in [1.807, 2.05) is 6.92 Å². The third-order valence-electron chi connectivity index (χ3n) is 3.25. The van der Waals surface area contributed by atoms with Crippen molar-refractivity contribution < 1.29 is 19.5 Å². The molecule has 0 radical (unpaired) electrons. The highest BCUT2D eigenvalue weighted by molar-refractivity contribution is 8.00. The molecule has 1 unspecified atom stereocenters. The normalized spacial score (nSPS) is 12.3. The highest BCUT2D eigenvalue weighted by Gasteiger charge is 2.16. The summed E-state index contributed by atoms with van der Waals surface area (Å²) in [7, 11) is 0. The number of nitrogens with zero attached hydrogens (tertiary/aromatic N) is 2. The lowest BCUT2D eigenvalue weighted by Gasteiger charge is -2.11. The molecule has 0 aliphatic rings. The first-order valence-corrected chi connectivity index (χ1v) is 9.54. The second-order valence-corrected chi connectivity index (χ2v) is 8.12. The van der Waals surface area contributed by atoms with Crippen LogP contribution in [0.5, 0.6) is 0 Å². The Kier molecular flexibility index (Phi) is 7.08. The number of aliphatic carboxylic acids is 1. The van der Waals surface area contributed by atoms with E-state index in [1.165, 1.54) is 30.0 Å². The third kappa shape index (κ3) is 6.50. The molecule has 8 nitrogen and oxygen atoms in total. The number of carbonyl (C=O) groups is 3. The maximum Gasteiger partial charge on any atom is 0.331 e. The Labute approximate surface area is 164 Å². The smallest absolute Gasteiger partial charge is 0.331 e. The van der Waals surface area contributed by atoms with Gasteiger partial charge in [-0.3, -0.25) is 14.9 Å². The molecule has 0 aliphatic carbocycles. The van der Waals surface area contributed by atoms with Crippen LogP contribution in [-0.4, -0.2) is 38.3 Å². The molecule has 10 heteroatoms. The highest BCUT2D eigenvalue weighted by atomic mass is 32.2. The maximum atomic E-state index is 12.2. The molecule has 3 N–H and O–H groups in total. The molecule has 1 atom stereocenters. The first-order valence-electron chi connectivity index (χ1n) is 7.85. The zero-order chi connectivity index (χ0) is 20.0. The molecule has 142 valence electrons. The van der Waals surface area contributed by atoms with Crippen LogP contribution in [0.4, 0.5) is 10.8 Å². The molecule has 0 aliphatic heterocycles. The van der Waals surface area contributed by atoms with Gasteiger partial charge in [-0.15, -0.1) is 22.0 Å². The molecular formula is C17H18N4O4S2. The molecule has 0 bridgehead atoms. The van der Waals surface area contributed by atoms with Gasteiger partial charge >= 0.3 is 5.97 Å². The largest absolute Gasteiger partial charge is 0.478 e. The van der Waals surface area contributed by atoms with Crippen LogP contribution in [0.15, 0.2) is 40.8 Å². The Balaban J connectivity index is 1.90. The molecular weight excluding hydrogens is 388 g/mol. The number of hydrogen-bond donors (Lipinski definition) is 3. The number of hydrogen-bond acceptors (Lipinski definition) is 7. The minimum atomic E-state index is -1.15. The number of carbonyl (C=O) groups excluding carboxylic acids is 2. The molecule has 2 aromatic rings. The second kappa shape index (κ2) is 9.28.